The van der Waals surface area contributed by atoms with Gasteiger partial charge in [0.1, 0.15) is 12.4 Å². The molecule has 0 N–H and O–H groups in total. The van der Waals surface area contributed by atoms with E-state index in [0.717, 1.165) is 15.7 Å². The van der Waals surface area contributed by atoms with E-state index in [4.69, 9.17) is 9.15 Å². The van der Waals surface area contributed by atoms with Gasteiger partial charge in [0.25, 0.3) is 5.91 Å². The number of halogens is 1. The van der Waals surface area contributed by atoms with Gasteiger partial charge in [-0.1, -0.05) is 6.07 Å². The molecule has 0 aliphatic heterocycles. The number of nitro benzene ring substituents is 1. The quantitative estimate of drug-likeness (QED) is 0.390. The standard InChI is InChI=1S/C19H19BrN4O5/c1-12-4-6-17(15(8-12)24(26)27)28-11-13-5-7-18(29-13)19(25)22(2)10-16-14(20)9-21-23(16)3/h4-9H,10-11H2,1-3H3. The minimum absolute atomic E-state index is 0.0336. The van der Waals surface area contributed by atoms with Gasteiger partial charge in [-0.05, 0) is 46.6 Å². The molecule has 3 aromatic rings. The summed E-state index contributed by atoms with van der Waals surface area (Å²) in [5, 5.41) is 15.3. The number of furan rings is 1. The van der Waals surface area contributed by atoms with Gasteiger partial charge in [0.15, 0.2) is 11.5 Å². The van der Waals surface area contributed by atoms with E-state index in [-0.39, 0.29) is 29.7 Å². The summed E-state index contributed by atoms with van der Waals surface area (Å²) in [6.45, 7) is 2.08. The van der Waals surface area contributed by atoms with Crippen LogP contribution < -0.4 is 4.74 Å². The zero-order chi connectivity index (χ0) is 21.1. The molecule has 0 saturated heterocycles. The number of hydrogen-bond donors (Lipinski definition) is 0. The summed E-state index contributed by atoms with van der Waals surface area (Å²) in [5.41, 5.74) is 1.50. The minimum atomic E-state index is -0.495. The lowest BCUT2D eigenvalue weighted by molar-refractivity contribution is -0.386. The van der Waals surface area contributed by atoms with Crippen LogP contribution >= 0.6 is 15.9 Å². The van der Waals surface area contributed by atoms with Crippen LogP contribution in [0.1, 0.15) is 27.6 Å². The topological polar surface area (TPSA) is 104 Å². The molecule has 0 saturated carbocycles. The van der Waals surface area contributed by atoms with E-state index in [1.807, 2.05) is 0 Å². The Labute approximate surface area is 175 Å². The molecule has 1 amide bonds. The number of hydrogen-bond acceptors (Lipinski definition) is 6. The van der Waals surface area contributed by atoms with Gasteiger partial charge in [0.05, 0.1) is 27.8 Å². The summed E-state index contributed by atoms with van der Waals surface area (Å²) in [5.74, 6) is 0.384. The number of carbonyl (C=O) groups is 1. The molecular weight excluding hydrogens is 444 g/mol. The molecule has 10 heteroatoms. The molecule has 0 radical (unpaired) electrons. The van der Waals surface area contributed by atoms with Crippen molar-refractivity contribution in [3.05, 3.63) is 73.9 Å². The molecule has 9 nitrogen and oxygen atoms in total. The summed E-state index contributed by atoms with van der Waals surface area (Å²) >= 11 is 3.41. The van der Waals surface area contributed by atoms with Crippen LogP contribution in [0.4, 0.5) is 5.69 Å². The first kappa shape index (κ1) is 20.6. The van der Waals surface area contributed by atoms with E-state index < -0.39 is 4.92 Å². The van der Waals surface area contributed by atoms with Crippen molar-refractivity contribution in [2.45, 2.75) is 20.1 Å². The second kappa shape index (κ2) is 8.48. The zero-order valence-electron chi connectivity index (χ0n) is 16.1. The lowest BCUT2D eigenvalue weighted by Gasteiger charge is -2.16. The lowest BCUT2D eigenvalue weighted by atomic mass is 10.2. The number of rotatable bonds is 7. The van der Waals surface area contributed by atoms with Gasteiger partial charge >= 0.3 is 5.69 Å². The molecule has 0 atom stereocenters. The molecule has 0 unspecified atom stereocenters. The Morgan fingerprint density at radius 2 is 2.14 bits per heavy atom. The smallest absolute Gasteiger partial charge is 0.311 e. The first-order valence-corrected chi connectivity index (χ1v) is 9.44. The van der Waals surface area contributed by atoms with Crippen molar-refractivity contribution in [2.24, 2.45) is 7.05 Å². The summed E-state index contributed by atoms with van der Waals surface area (Å²) in [6, 6.07) is 7.88. The van der Waals surface area contributed by atoms with Crippen LogP contribution in [-0.4, -0.2) is 32.6 Å². The largest absolute Gasteiger partial charge is 0.479 e. The van der Waals surface area contributed by atoms with E-state index in [2.05, 4.69) is 21.0 Å². The molecule has 2 heterocycles. The van der Waals surface area contributed by atoms with E-state index in [0.29, 0.717) is 12.3 Å². The third-order valence-corrected chi connectivity index (χ3v) is 4.96. The molecule has 0 bridgehead atoms. The van der Waals surface area contributed by atoms with Gasteiger partial charge < -0.3 is 14.1 Å². The van der Waals surface area contributed by atoms with Crippen molar-refractivity contribution in [1.82, 2.24) is 14.7 Å². The van der Waals surface area contributed by atoms with Crippen LogP contribution in [-0.2, 0) is 20.2 Å². The van der Waals surface area contributed by atoms with Gasteiger partial charge in [-0.25, -0.2) is 0 Å². The molecule has 3 rings (SSSR count). The Hall–Kier alpha value is -3.14. The number of amides is 1. The van der Waals surface area contributed by atoms with Crippen LogP contribution in [0, 0.1) is 17.0 Å². The van der Waals surface area contributed by atoms with Crippen LogP contribution in [0.15, 0.2) is 45.4 Å². The Bertz CT molecular complexity index is 1040. The second-order valence-corrected chi connectivity index (χ2v) is 7.36. The summed E-state index contributed by atoms with van der Waals surface area (Å²) in [4.78, 5) is 24.8. The number of nitrogens with zero attached hydrogens (tertiary/aromatic N) is 4. The van der Waals surface area contributed by atoms with Crippen LogP contribution in [0.25, 0.3) is 0 Å². The van der Waals surface area contributed by atoms with Crippen molar-refractivity contribution in [1.29, 1.82) is 0 Å². The summed E-state index contributed by atoms with van der Waals surface area (Å²) in [7, 11) is 3.46. The summed E-state index contributed by atoms with van der Waals surface area (Å²) in [6.07, 6.45) is 1.67. The van der Waals surface area contributed by atoms with Crippen LogP contribution in [0.2, 0.25) is 0 Å². The molecule has 1 aromatic carbocycles. The van der Waals surface area contributed by atoms with Crippen LogP contribution in [0.5, 0.6) is 5.75 Å². The molecule has 0 spiro atoms. The molecule has 0 fully saturated rings. The average molecular weight is 463 g/mol. The molecule has 152 valence electrons. The van der Waals surface area contributed by atoms with Crippen molar-refractivity contribution in [3.8, 4) is 5.75 Å². The predicted octanol–water partition coefficient (Wildman–Crippen LogP) is 3.84. The maximum atomic E-state index is 12.6. The first-order chi connectivity index (χ1) is 13.8. The monoisotopic (exact) mass is 462 g/mol. The van der Waals surface area contributed by atoms with Gasteiger partial charge in [0.2, 0.25) is 0 Å². The predicted molar refractivity (Wildman–Crippen MR) is 108 cm³/mol. The van der Waals surface area contributed by atoms with Crippen molar-refractivity contribution in [2.75, 3.05) is 7.05 Å². The second-order valence-electron chi connectivity index (χ2n) is 6.51. The zero-order valence-corrected chi connectivity index (χ0v) is 17.7. The highest BCUT2D eigenvalue weighted by molar-refractivity contribution is 9.10. The van der Waals surface area contributed by atoms with E-state index >= 15 is 0 Å². The normalized spacial score (nSPS) is 10.8. The first-order valence-electron chi connectivity index (χ1n) is 8.64. The molecular formula is C19H19BrN4O5. The van der Waals surface area contributed by atoms with E-state index in [1.165, 1.54) is 11.0 Å². The van der Waals surface area contributed by atoms with Gasteiger partial charge in [-0.15, -0.1) is 0 Å². The van der Waals surface area contributed by atoms with Gasteiger partial charge in [-0.2, -0.15) is 5.10 Å². The lowest BCUT2D eigenvalue weighted by Crippen LogP contribution is -2.27. The van der Waals surface area contributed by atoms with Crippen molar-refractivity contribution < 1.29 is 18.9 Å². The number of nitro groups is 1. The van der Waals surface area contributed by atoms with Crippen LogP contribution in [0.3, 0.4) is 0 Å². The molecule has 29 heavy (non-hydrogen) atoms. The highest BCUT2D eigenvalue weighted by atomic mass is 79.9. The van der Waals surface area contributed by atoms with Crippen molar-refractivity contribution >= 4 is 27.5 Å². The highest BCUT2D eigenvalue weighted by Crippen LogP contribution is 2.28. The van der Waals surface area contributed by atoms with Gasteiger partial charge in [0, 0.05) is 20.2 Å². The minimum Gasteiger partial charge on any atom is -0.479 e. The maximum Gasteiger partial charge on any atom is 0.311 e. The highest BCUT2D eigenvalue weighted by Gasteiger charge is 2.20. The number of aromatic nitrogens is 2. The fraction of sp³-hybridized carbons (Fsp3) is 0.263. The third kappa shape index (κ3) is 4.65. The Morgan fingerprint density at radius 1 is 1.38 bits per heavy atom. The van der Waals surface area contributed by atoms with E-state index in [9.17, 15) is 14.9 Å². The number of ether oxygens (including phenoxy) is 1. The fourth-order valence-electron chi connectivity index (χ4n) is 2.71. The Morgan fingerprint density at radius 3 is 2.79 bits per heavy atom. The van der Waals surface area contributed by atoms with Crippen molar-refractivity contribution in [3.63, 3.8) is 0 Å². The maximum absolute atomic E-state index is 12.6. The average Bonchev–Trinajstić information content (AvgIpc) is 3.28. The molecule has 0 aliphatic carbocycles. The fourth-order valence-corrected chi connectivity index (χ4v) is 3.18. The summed E-state index contributed by atoms with van der Waals surface area (Å²) < 4.78 is 13.6. The Balaban J connectivity index is 1.66. The number of aryl methyl sites for hydroxylation is 2. The molecule has 0 aliphatic rings. The SMILES string of the molecule is Cc1ccc(OCc2ccc(C(=O)N(C)Cc3c(Br)cnn3C)o2)c([N+](=O)[O-])c1. The number of benzene rings is 1. The van der Waals surface area contributed by atoms with E-state index in [1.54, 1.807) is 56.2 Å². The van der Waals surface area contributed by atoms with Gasteiger partial charge in [-0.3, -0.25) is 19.6 Å². The molecule has 2 aromatic heterocycles. The third-order valence-electron chi connectivity index (χ3n) is 4.30. The number of carbonyl (C=O) groups excluding carboxylic acids is 1. The Kier molecular flexibility index (Phi) is 6.02.